The Bertz CT molecular complexity index is 493. The second-order valence-corrected chi connectivity index (χ2v) is 8.61. The van der Waals surface area contributed by atoms with Gasteiger partial charge in [0.2, 0.25) is 0 Å². The molecular weight excluding hydrogens is 266 g/mol. The summed E-state index contributed by atoms with van der Waals surface area (Å²) in [6.45, 7) is 12.4. The zero-order chi connectivity index (χ0) is 14.5. The Balaban J connectivity index is 1.72. The van der Waals surface area contributed by atoms with Gasteiger partial charge in [-0.25, -0.2) is 0 Å². The van der Waals surface area contributed by atoms with E-state index < -0.39 is 0 Å². The van der Waals surface area contributed by atoms with Gasteiger partial charge in [0.25, 0.3) is 0 Å². The molecule has 20 heavy (non-hydrogen) atoms. The Hall–Kier alpha value is -0.380. The normalized spacial score (nSPS) is 33.4. The molecule has 3 rings (SSSR count). The van der Waals surface area contributed by atoms with Crippen LogP contribution in [0.5, 0.6) is 0 Å². The van der Waals surface area contributed by atoms with Gasteiger partial charge in [-0.05, 0) is 45.2 Å². The molecule has 2 heterocycles. The Kier molecular flexibility index (Phi) is 3.72. The molecule has 0 aromatic carbocycles. The van der Waals surface area contributed by atoms with Gasteiger partial charge in [-0.1, -0.05) is 13.8 Å². The van der Waals surface area contributed by atoms with Crippen molar-refractivity contribution in [3.05, 3.63) is 21.4 Å². The lowest BCUT2D eigenvalue weighted by Crippen LogP contribution is -2.69. The van der Waals surface area contributed by atoms with Crippen molar-refractivity contribution in [3.8, 4) is 0 Å². The summed E-state index contributed by atoms with van der Waals surface area (Å²) >= 11 is 1.91. The number of thiophene rings is 1. The molecule has 2 nitrogen and oxygen atoms in total. The topological polar surface area (TPSA) is 21.3 Å². The van der Waals surface area contributed by atoms with Gasteiger partial charge in [-0.15, -0.1) is 11.3 Å². The summed E-state index contributed by atoms with van der Waals surface area (Å²) in [5, 5.41) is 3.90. The Morgan fingerprint density at radius 1 is 1.40 bits per heavy atom. The van der Waals surface area contributed by atoms with Gasteiger partial charge < -0.3 is 10.1 Å². The Morgan fingerprint density at radius 2 is 2.15 bits per heavy atom. The van der Waals surface area contributed by atoms with Crippen molar-refractivity contribution in [1.82, 2.24) is 5.32 Å². The van der Waals surface area contributed by atoms with Crippen molar-refractivity contribution in [2.24, 2.45) is 11.3 Å². The van der Waals surface area contributed by atoms with Gasteiger partial charge in [-0.3, -0.25) is 0 Å². The number of fused-ring (bicyclic) bond motifs is 1. The summed E-state index contributed by atoms with van der Waals surface area (Å²) in [4.78, 5) is 2.87. The quantitative estimate of drug-likeness (QED) is 0.901. The maximum Gasteiger partial charge on any atom is 0.0684 e. The van der Waals surface area contributed by atoms with E-state index in [2.05, 4.69) is 46.0 Å². The summed E-state index contributed by atoms with van der Waals surface area (Å²) in [7, 11) is 0. The second-order valence-electron chi connectivity index (χ2n) is 7.15. The average Bonchev–Trinajstić information content (AvgIpc) is 2.75. The molecule has 112 valence electrons. The van der Waals surface area contributed by atoms with Crippen molar-refractivity contribution in [1.29, 1.82) is 0 Å². The van der Waals surface area contributed by atoms with Crippen LogP contribution in [0.15, 0.2) is 6.07 Å². The van der Waals surface area contributed by atoms with Gasteiger partial charge in [0, 0.05) is 39.8 Å². The first-order valence-corrected chi connectivity index (χ1v) is 8.67. The molecule has 1 aromatic heterocycles. The number of ether oxygens (including phenoxy) is 1. The van der Waals surface area contributed by atoms with Crippen molar-refractivity contribution >= 4 is 11.3 Å². The third kappa shape index (κ3) is 2.24. The highest BCUT2D eigenvalue weighted by atomic mass is 32.1. The van der Waals surface area contributed by atoms with E-state index in [1.807, 2.05) is 11.3 Å². The minimum Gasteiger partial charge on any atom is -0.377 e. The number of nitrogens with one attached hydrogen (secondary N) is 1. The largest absolute Gasteiger partial charge is 0.377 e. The van der Waals surface area contributed by atoms with Gasteiger partial charge >= 0.3 is 0 Å². The van der Waals surface area contributed by atoms with E-state index in [0.29, 0.717) is 24.1 Å². The summed E-state index contributed by atoms with van der Waals surface area (Å²) in [5.41, 5.74) is 1.74. The summed E-state index contributed by atoms with van der Waals surface area (Å²) in [6.07, 6.45) is 3.01. The van der Waals surface area contributed by atoms with Crippen LogP contribution >= 0.6 is 11.3 Å². The number of aryl methyl sites for hydroxylation is 2. The number of hydrogen-bond acceptors (Lipinski definition) is 3. The molecule has 2 aliphatic rings. The summed E-state index contributed by atoms with van der Waals surface area (Å²) in [6, 6.07) is 3.37. The van der Waals surface area contributed by atoms with Crippen LogP contribution in [0.1, 0.15) is 55.0 Å². The first kappa shape index (κ1) is 14.6. The van der Waals surface area contributed by atoms with Crippen LogP contribution in [-0.4, -0.2) is 18.8 Å². The molecule has 0 spiro atoms. The van der Waals surface area contributed by atoms with Crippen molar-refractivity contribution in [2.75, 3.05) is 6.61 Å². The molecule has 4 atom stereocenters. The van der Waals surface area contributed by atoms with Crippen LogP contribution in [0.25, 0.3) is 0 Å². The van der Waals surface area contributed by atoms with Crippen molar-refractivity contribution in [3.63, 3.8) is 0 Å². The van der Waals surface area contributed by atoms with Gasteiger partial charge in [0.15, 0.2) is 0 Å². The van der Waals surface area contributed by atoms with E-state index >= 15 is 0 Å². The third-order valence-electron chi connectivity index (χ3n) is 5.31. The van der Waals surface area contributed by atoms with E-state index in [1.165, 1.54) is 28.2 Å². The fourth-order valence-corrected chi connectivity index (χ4v) is 5.32. The smallest absolute Gasteiger partial charge is 0.0684 e. The molecule has 3 heteroatoms. The van der Waals surface area contributed by atoms with E-state index in [1.54, 1.807) is 0 Å². The van der Waals surface area contributed by atoms with E-state index in [4.69, 9.17) is 4.74 Å². The molecule has 2 fully saturated rings. The molecule has 1 saturated carbocycles. The van der Waals surface area contributed by atoms with Crippen LogP contribution in [-0.2, 0) is 4.74 Å². The average molecular weight is 293 g/mol. The lowest BCUT2D eigenvalue weighted by molar-refractivity contribution is -0.194. The standard InChI is InChI=1S/C17H27NOS/c1-10-9-14(12(3)20-10)11(2)18-15-13-7-6-8-19-16(13)17(15,4)5/h9,11,13,15-16,18H,6-8H2,1-5H3. The van der Waals surface area contributed by atoms with Gasteiger partial charge in [0.05, 0.1) is 6.10 Å². The van der Waals surface area contributed by atoms with Gasteiger partial charge in [0.1, 0.15) is 0 Å². The Morgan fingerprint density at radius 3 is 2.80 bits per heavy atom. The van der Waals surface area contributed by atoms with E-state index in [0.717, 1.165) is 6.61 Å². The van der Waals surface area contributed by atoms with E-state index in [9.17, 15) is 0 Å². The van der Waals surface area contributed by atoms with Crippen LogP contribution in [0.2, 0.25) is 0 Å². The highest BCUT2D eigenvalue weighted by molar-refractivity contribution is 7.12. The molecule has 0 bridgehead atoms. The minimum absolute atomic E-state index is 0.262. The molecule has 1 saturated heterocycles. The first-order chi connectivity index (χ1) is 9.41. The fraction of sp³-hybridized carbons (Fsp3) is 0.765. The lowest BCUT2D eigenvalue weighted by atomic mass is 9.55. The molecule has 4 unspecified atom stereocenters. The highest BCUT2D eigenvalue weighted by Gasteiger charge is 2.57. The molecular formula is C17H27NOS. The zero-order valence-electron chi connectivity index (χ0n) is 13.3. The fourth-order valence-electron chi connectivity index (χ4n) is 4.30. The third-order valence-corrected chi connectivity index (χ3v) is 6.29. The number of hydrogen-bond donors (Lipinski definition) is 1. The second kappa shape index (κ2) is 5.11. The molecule has 0 amide bonds. The predicted octanol–water partition coefficient (Wildman–Crippen LogP) is 4.22. The monoisotopic (exact) mass is 293 g/mol. The SMILES string of the molecule is Cc1cc(C(C)NC2C3CCCOC3C2(C)C)c(C)s1. The van der Waals surface area contributed by atoms with Crippen LogP contribution in [0.4, 0.5) is 0 Å². The lowest BCUT2D eigenvalue weighted by Gasteiger charge is -2.60. The molecule has 1 aliphatic heterocycles. The zero-order valence-corrected chi connectivity index (χ0v) is 14.1. The van der Waals surface area contributed by atoms with E-state index in [-0.39, 0.29) is 5.41 Å². The van der Waals surface area contributed by atoms with Crippen LogP contribution < -0.4 is 5.32 Å². The number of rotatable bonds is 3. The summed E-state index contributed by atoms with van der Waals surface area (Å²) in [5.74, 6) is 0.709. The Labute approximate surface area is 126 Å². The maximum absolute atomic E-state index is 6.00. The molecule has 1 N–H and O–H groups in total. The maximum atomic E-state index is 6.00. The van der Waals surface area contributed by atoms with Gasteiger partial charge in [-0.2, -0.15) is 0 Å². The van der Waals surface area contributed by atoms with Crippen molar-refractivity contribution in [2.45, 2.75) is 65.6 Å². The molecule has 0 radical (unpaired) electrons. The van der Waals surface area contributed by atoms with Crippen LogP contribution in [0, 0.1) is 25.2 Å². The molecule has 1 aromatic rings. The summed E-state index contributed by atoms with van der Waals surface area (Å²) < 4.78 is 6.00. The van der Waals surface area contributed by atoms with Crippen molar-refractivity contribution < 1.29 is 4.74 Å². The first-order valence-electron chi connectivity index (χ1n) is 7.86. The predicted molar refractivity (Wildman–Crippen MR) is 85.4 cm³/mol. The van der Waals surface area contributed by atoms with Crippen LogP contribution in [0.3, 0.4) is 0 Å². The highest BCUT2D eigenvalue weighted by Crippen LogP contribution is 2.52. The molecule has 1 aliphatic carbocycles. The minimum atomic E-state index is 0.262.